The minimum atomic E-state index is 0.559. The summed E-state index contributed by atoms with van der Waals surface area (Å²) in [5.41, 5.74) is 2.31. The van der Waals surface area contributed by atoms with Gasteiger partial charge in [-0.15, -0.1) is 0 Å². The molecule has 108 valence electrons. The van der Waals surface area contributed by atoms with Crippen molar-refractivity contribution in [2.45, 2.75) is 40.0 Å². The van der Waals surface area contributed by atoms with Gasteiger partial charge in [-0.05, 0) is 19.0 Å². The maximum Gasteiger partial charge on any atom is 0.130 e. The van der Waals surface area contributed by atoms with E-state index in [-0.39, 0.29) is 0 Å². The van der Waals surface area contributed by atoms with Gasteiger partial charge in [0.25, 0.3) is 0 Å². The van der Waals surface area contributed by atoms with E-state index in [0.29, 0.717) is 6.61 Å². The third-order valence-electron chi connectivity index (χ3n) is 3.18. The van der Waals surface area contributed by atoms with Crippen LogP contribution in [-0.4, -0.2) is 16.1 Å². The number of nitrogens with zero attached hydrogens (tertiary/aromatic N) is 2. The molecule has 0 spiro atoms. The molecule has 0 radical (unpaired) electrons. The summed E-state index contributed by atoms with van der Waals surface area (Å²) in [4.78, 5) is 4.20. The Labute approximate surface area is 120 Å². The van der Waals surface area contributed by atoms with E-state index in [0.717, 1.165) is 37.5 Å². The molecule has 0 aliphatic carbocycles. The number of ether oxygens (including phenoxy) is 1. The van der Waals surface area contributed by atoms with Crippen LogP contribution in [0, 0.1) is 0 Å². The zero-order chi connectivity index (χ0) is 14.2. The van der Waals surface area contributed by atoms with Gasteiger partial charge in [0.1, 0.15) is 12.4 Å². The van der Waals surface area contributed by atoms with Crippen molar-refractivity contribution in [3.63, 3.8) is 0 Å². The standard InChI is InChI=1S/C16H23N3O/c1-3-9-19-13-18-11-15(19)12-20-16-8-6-5-7-14(16)10-17-4-2/h5-8,11,13,17H,3-4,9-10,12H2,1-2H3. The molecule has 1 aromatic heterocycles. The zero-order valence-electron chi connectivity index (χ0n) is 12.3. The van der Waals surface area contributed by atoms with Gasteiger partial charge in [0, 0.05) is 18.7 Å². The number of imidazole rings is 1. The summed E-state index contributed by atoms with van der Waals surface area (Å²) in [6.45, 7) is 7.60. The molecule has 1 aromatic carbocycles. The lowest BCUT2D eigenvalue weighted by Gasteiger charge is -2.12. The van der Waals surface area contributed by atoms with Crippen molar-refractivity contribution in [2.24, 2.45) is 0 Å². The van der Waals surface area contributed by atoms with Crippen LogP contribution in [0.1, 0.15) is 31.5 Å². The minimum Gasteiger partial charge on any atom is -0.487 e. The highest BCUT2D eigenvalue weighted by Crippen LogP contribution is 2.19. The van der Waals surface area contributed by atoms with E-state index in [4.69, 9.17) is 4.74 Å². The Morgan fingerprint density at radius 2 is 2.10 bits per heavy atom. The van der Waals surface area contributed by atoms with E-state index in [1.807, 2.05) is 30.7 Å². The molecule has 0 amide bonds. The molecule has 0 atom stereocenters. The van der Waals surface area contributed by atoms with Crippen LogP contribution in [0.25, 0.3) is 0 Å². The molecule has 0 saturated carbocycles. The summed E-state index contributed by atoms with van der Waals surface area (Å²) >= 11 is 0. The van der Waals surface area contributed by atoms with E-state index < -0.39 is 0 Å². The molecular weight excluding hydrogens is 250 g/mol. The van der Waals surface area contributed by atoms with Gasteiger partial charge in [0.05, 0.1) is 18.2 Å². The Kier molecular flexibility index (Phi) is 5.62. The second-order valence-electron chi connectivity index (χ2n) is 4.76. The molecule has 4 heteroatoms. The first-order chi connectivity index (χ1) is 9.85. The van der Waals surface area contributed by atoms with Gasteiger partial charge < -0.3 is 14.6 Å². The summed E-state index contributed by atoms with van der Waals surface area (Å²) < 4.78 is 8.11. The first-order valence-corrected chi connectivity index (χ1v) is 7.25. The van der Waals surface area contributed by atoms with Crippen LogP contribution in [0.4, 0.5) is 0 Å². The number of aromatic nitrogens is 2. The predicted molar refractivity (Wildman–Crippen MR) is 80.7 cm³/mol. The van der Waals surface area contributed by atoms with Crippen molar-refractivity contribution in [2.75, 3.05) is 6.54 Å². The monoisotopic (exact) mass is 273 g/mol. The molecule has 1 heterocycles. The first-order valence-electron chi connectivity index (χ1n) is 7.25. The summed E-state index contributed by atoms with van der Waals surface area (Å²) in [7, 11) is 0. The normalized spacial score (nSPS) is 10.7. The molecule has 0 aliphatic heterocycles. The van der Waals surface area contributed by atoms with Gasteiger partial charge in [-0.1, -0.05) is 32.0 Å². The molecule has 1 N–H and O–H groups in total. The largest absolute Gasteiger partial charge is 0.487 e. The van der Waals surface area contributed by atoms with Crippen molar-refractivity contribution < 1.29 is 4.74 Å². The zero-order valence-corrected chi connectivity index (χ0v) is 12.3. The highest BCUT2D eigenvalue weighted by Gasteiger charge is 2.05. The number of aryl methyl sites for hydroxylation is 1. The fourth-order valence-electron chi connectivity index (χ4n) is 2.11. The third-order valence-corrected chi connectivity index (χ3v) is 3.18. The van der Waals surface area contributed by atoms with Crippen LogP contribution in [0.5, 0.6) is 5.75 Å². The summed E-state index contributed by atoms with van der Waals surface area (Å²) in [5, 5.41) is 3.33. The Hall–Kier alpha value is -1.81. The number of benzene rings is 1. The van der Waals surface area contributed by atoms with Crippen LogP contribution >= 0.6 is 0 Å². The van der Waals surface area contributed by atoms with E-state index in [1.54, 1.807) is 0 Å². The van der Waals surface area contributed by atoms with Gasteiger partial charge in [0.15, 0.2) is 0 Å². The molecule has 0 fully saturated rings. The second-order valence-corrected chi connectivity index (χ2v) is 4.76. The van der Waals surface area contributed by atoms with Gasteiger partial charge in [-0.2, -0.15) is 0 Å². The first kappa shape index (κ1) is 14.6. The molecule has 4 nitrogen and oxygen atoms in total. The smallest absolute Gasteiger partial charge is 0.130 e. The quantitative estimate of drug-likeness (QED) is 0.803. The molecule has 0 saturated heterocycles. The number of rotatable bonds is 8. The third kappa shape index (κ3) is 3.84. The van der Waals surface area contributed by atoms with Crippen molar-refractivity contribution in [3.05, 3.63) is 48.0 Å². The number of nitrogens with one attached hydrogen (secondary N) is 1. The van der Waals surface area contributed by atoms with Crippen molar-refractivity contribution in [3.8, 4) is 5.75 Å². The molecule has 0 unspecified atom stereocenters. The van der Waals surface area contributed by atoms with Crippen LogP contribution in [0.15, 0.2) is 36.8 Å². The van der Waals surface area contributed by atoms with Crippen LogP contribution in [0.2, 0.25) is 0 Å². The van der Waals surface area contributed by atoms with Gasteiger partial charge in [-0.3, -0.25) is 0 Å². The highest BCUT2D eigenvalue weighted by atomic mass is 16.5. The lowest BCUT2D eigenvalue weighted by Crippen LogP contribution is -2.13. The Balaban J connectivity index is 2.01. The van der Waals surface area contributed by atoms with Gasteiger partial charge in [-0.25, -0.2) is 4.98 Å². The van der Waals surface area contributed by atoms with Crippen LogP contribution < -0.4 is 10.1 Å². The predicted octanol–water partition coefficient (Wildman–Crippen LogP) is 2.98. The molecule has 0 aliphatic rings. The summed E-state index contributed by atoms with van der Waals surface area (Å²) in [6, 6.07) is 8.17. The lowest BCUT2D eigenvalue weighted by molar-refractivity contribution is 0.291. The maximum atomic E-state index is 5.96. The van der Waals surface area contributed by atoms with Crippen molar-refractivity contribution in [1.29, 1.82) is 0 Å². The van der Waals surface area contributed by atoms with Crippen LogP contribution in [0.3, 0.4) is 0 Å². The number of para-hydroxylation sites is 1. The summed E-state index contributed by atoms with van der Waals surface area (Å²) in [5.74, 6) is 0.942. The van der Waals surface area contributed by atoms with E-state index >= 15 is 0 Å². The number of hydrogen-bond donors (Lipinski definition) is 1. The molecule has 0 bridgehead atoms. The van der Waals surface area contributed by atoms with E-state index in [9.17, 15) is 0 Å². The topological polar surface area (TPSA) is 39.1 Å². The minimum absolute atomic E-state index is 0.559. The number of hydrogen-bond acceptors (Lipinski definition) is 3. The summed E-state index contributed by atoms with van der Waals surface area (Å²) in [6.07, 6.45) is 4.84. The fourth-order valence-corrected chi connectivity index (χ4v) is 2.11. The maximum absolute atomic E-state index is 5.96. The van der Waals surface area contributed by atoms with Crippen molar-refractivity contribution >= 4 is 0 Å². The van der Waals surface area contributed by atoms with Gasteiger partial charge in [0.2, 0.25) is 0 Å². The second kappa shape index (κ2) is 7.70. The SMILES string of the molecule is CCCn1cncc1COc1ccccc1CNCC. The highest BCUT2D eigenvalue weighted by molar-refractivity contribution is 5.33. The molecule has 2 rings (SSSR count). The van der Waals surface area contributed by atoms with Crippen molar-refractivity contribution in [1.82, 2.24) is 14.9 Å². The van der Waals surface area contributed by atoms with Gasteiger partial charge >= 0.3 is 0 Å². The average Bonchev–Trinajstić information content (AvgIpc) is 2.91. The van der Waals surface area contributed by atoms with E-state index in [1.165, 1.54) is 5.56 Å². The Morgan fingerprint density at radius 1 is 1.25 bits per heavy atom. The molecule has 20 heavy (non-hydrogen) atoms. The van der Waals surface area contributed by atoms with E-state index in [2.05, 4.69) is 34.8 Å². The lowest BCUT2D eigenvalue weighted by atomic mass is 10.2. The molecule has 2 aromatic rings. The average molecular weight is 273 g/mol. The Morgan fingerprint density at radius 3 is 2.90 bits per heavy atom. The molecular formula is C16H23N3O. The Bertz CT molecular complexity index is 522. The fraction of sp³-hybridized carbons (Fsp3) is 0.438. The van der Waals surface area contributed by atoms with Crippen LogP contribution in [-0.2, 0) is 19.7 Å².